The maximum absolute atomic E-state index is 11.9. The number of amides is 2. The topological polar surface area (TPSA) is 78.9 Å². The van der Waals surface area contributed by atoms with Crippen molar-refractivity contribution >= 4 is 12.0 Å². The van der Waals surface area contributed by atoms with Gasteiger partial charge < -0.3 is 20.1 Å². The van der Waals surface area contributed by atoms with Crippen LogP contribution in [0.4, 0.5) is 4.79 Å². The van der Waals surface area contributed by atoms with Gasteiger partial charge in [0, 0.05) is 13.1 Å². The molecule has 114 valence electrons. The molecule has 21 heavy (non-hydrogen) atoms. The van der Waals surface area contributed by atoms with Gasteiger partial charge in [-0.05, 0) is 25.0 Å². The Kier molecular flexibility index (Phi) is 5.03. The van der Waals surface area contributed by atoms with Crippen molar-refractivity contribution < 1.29 is 19.4 Å². The zero-order valence-electron chi connectivity index (χ0n) is 12.0. The number of urea groups is 1. The number of likely N-dealkylation sites (tertiary alicyclic amines) is 1. The minimum Gasteiger partial charge on any atom is -0.491 e. The van der Waals surface area contributed by atoms with E-state index in [1.54, 1.807) is 0 Å². The van der Waals surface area contributed by atoms with Crippen molar-refractivity contribution in [3.8, 4) is 5.75 Å². The summed E-state index contributed by atoms with van der Waals surface area (Å²) >= 11 is 0. The molecule has 2 N–H and O–H groups in total. The molecule has 1 aromatic rings. The minimum atomic E-state index is -0.840. The zero-order valence-corrected chi connectivity index (χ0v) is 12.0. The van der Waals surface area contributed by atoms with Crippen LogP contribution >= 0.6 is 0 Å². The van der Waals surface area contributed by atoms with Gasteiger partial charge in [-0.15, -0.1) is 0 Å². The lowest BCUT2D eigenvalue weighted by molar-refractivity contribution is -0.141. The summed E-state index contributed by atoms with van der Waals surface area (Å²) in [5, 5.41) is 11.6. The summed E-state index contributed by atoms with van der Waals surface area (Å²) in [5.74, 6) is -0.481. The molecule has 0 radical (unpaired) electrons. The molecule has 1 saturated heterocycles. The van der Waals surface area contributed by atoms with E-state index in [1.807, 2.05) is 31.2 Å². The molecule has 0 bridgehead atoms. The van der Waals surface area contributed by atoms with Crippen LogP contribution in [-0.4, -0.2) is 48.2 Å². The lowest BCUT2D eigenvalue weighted by Gasteiger charge is -2.17. The third kappa shape index (κ3) is 4.11. The molecule has 0 aliphatic carbocycles. The number of benzene rings is 1. The van der Waals surface area contributed by atoms with Crippen LogP contribution in [0.25, 0.3) is 0 Å². The molecule has 0 saturated carbocycles. The Hall–Kier alpha value is -2.24. The molecule has 1 fully saturated rings. The number of aliphatic carboxylic acids is 1. The van der Waals surface area contributed by atoms with Crippen molar-refractivity contribution in [3.05, 3.63) is 29.8 Å². The first-order chi connectivity index (χ1) is 10.1. The fraction of sp³-hybridized carbons (Fsp3) is 0.467. The summed E-state index contributed by atoms with van der Waals surface area (Å²) in [6, 6.07) is 7.46. The molecule has 0 spiro atoms. The third-order valence-corrected chi connectivity index (χ3v) is 3.55. The van der Waals surface area contributed by atoms with Crippen LogP contribution in [0.5, 0.6) is 5.75 Å². The van der Waals surface area contributed by atoms with Crippen LogP contribution in [0, 0.1) is 12.8 Å². The summed E-state index contributed by atoms with van der Waals surface area (Å²) in [6.45, 7) is 3.50. The molecule has 6 heteroatoms. The predicted octanol–water partition coefficient (Wildman–Crippen LogP) is 1.49. The Morgan fingerprint density at radius 3 is 2.86 bits per heavy atom. The summed E-state index contributed by atoms with van der Waals surface area (Å²) in [4.78, 5) is 24.2. The third-order valence-electron chi connectivity index (χ3n) is 3.55. The monoisotopic (exact) mass is 292 g/mol. The van der Waals surface area contributed by atoms with Crippen LogP contribution in [-0.2, 0) is 4.79 Å². The molecule has 2 rings (SSSR count). The van der Waals surface area contributed by atoms with E-state index in [2.05, 4.69) is 5.32 Å². The van der Waals surface area contributed by atoms with Gasteiger partial charge in [0.2, 0.25) is 0 Å². The number of nitrogens with zero attached hydrogens (tertiary/aromatic N) is 1. The van der Waals surface area contributed by atoms with E-state index in [9.17, 15) is 9.59 Å². The molecule has 6 nitrogen and oxygen atoms in total. The van der Waals surface area contributed by atoms with Crippen LogP contribution < -0.4 is 10.1 Å². The quantitative estimate of drug-likeness (QED) is 0.806. The molecular formula is C15H20N2O4. The number of nitrogens with one attached hydrogen (secondary N) is 1. The summed E-state index contributed by atoms with van der Waals surface area (Å²) in [6.07, 6.45) is 0.516. The minimum absolute atomic E-state index is 0.230. The van der Waals surface area contributed by atoms with Gasteiger partial charge in [-0.2, -0.15) is 0 Å². The van der Waals surface area contributed by atoms with Crippen LogP contribution in [0.2, 0.25) is 0 Å². The van der Waals surface area contributed by atoms with Crippen LogP contribution in [0.1, 0.15) is 12.0 Å². The van der Waals surface area contributed by atoms with Crippen LogP contribution in [0.15, 0.2) is 24.3 Å². The van der Waals surface area contributed by atoms with E-state index in [0.717, 1.165) is 11.3 Å². The Balaban J connectivity index is 1.68. The van der Waals surface area contributed by atoms with E-state index < -0.39 is 11.9 Å². The maximum Gasteiger partial charge on any atom is 0.317 e. The van der Waals surface area contributed by atoms with Crippen molar-refractivity contribution in [2.45, 2.75) is 13.3 Å². The fourth-order valence-electron chi connectivity index (χ4n) is 2.30. The number of para-hydroxylation sites is 1. The van der Waals surface area contributed by atoms with Crippen molar-refractivity contribution in [2.75, 3.05) is 26.2 Å². The molecule has 1 atom stereocenters. The van der Waals surface area contributed by atoms with Gasteiger partial charge in [-0.3, -0.25) is 4.79 Å². The highest BCUT2D eigenvalue weighted by molar-refractivity contribution is 5.77. The van der Waals surface area contributed by atoms with Crippen molar-refractivity contribution in [2.24, 2.45) is 5.92 Å². The second kappa shape index (κ2) is 6.97. The molecule has 2 amide bonds. The Morgan fingerprint density at radius 2 is 2.19 bits per heavy atom. The molecule has 1 unspecified atom stereocenters. The summed E-state index contributed by atoms with van der Waals surface area (Å²) in [7, 11) is 0. The van der Waals surface area contributed by atoms with Crippen LogP contribution in [0.3, 0.4) is 0 Å². The Bertz CT molecular complexity index is 518. The molecule has 1 aliphatic rings. The normalized spacial score (nSPS) is 17.6. The molecule has 1 heterocycles. The summed E-state index contributed by atoms with van der Waals surface area (Å²) < 4.78 is 5.58. The van der Waals surface area contributed by atoms with E-state index in [-0.39, 0.29) is 12.6 Å². The average molecular weight is 292 g/mol. The van der Waals surface area contributed by atoms with Gasteiger partial charge >= 0.3 is 12.0 Å². The van der Waals surface area contributed by atoms with Crippen molar-refractivity contribution in [1.29, 1.82) is 0 Å². The van der Waals surface area contributed by atoms with E-state index in [1.165, 1.54) is 4.90 Å². The number of carboxylic acid groups (broad SMARTS) is 1. The maximum atomic E-state index is 11.9. The number of carboxylic acids is 1. The second-order valence-electron chi connectivity index (χ2n) is 5.12. The van der Waals surface area contributed by atoms with E-state index in [4.69, 9.17) is 9.84 Å². The molecule has 1 aliphatic heterocycles. The number of hydrogen-bond donors (Lipinski definition) is 2. The zero-order chi connectivity index (χ0) is 15.2. The second-order valence-corrected chi connectivity index (χ2v) is 5.12. The van der Waals surface area contributed by atoms with Gasteiger partial charge in [-0.1, -0.05) is 18.2 Å². The van der Waals surface area contributed by atoms with E-state index in [0.29, 0.717) is 26.1 Å². The van der Waals surface area contributed by atoms with Gasteiger partial charge in [0.05, 0.1) is 12.5 Å². The first-order valence-electron chi connectivity index (χ1n) is 7.02. The smallest absolute Gasteiger partial charge is 0.317 e. The molecule has 1 aromatic carbocycles. The van der Waals surface area contributed by atoms with Gasteiger partial charge in [0.15, 0.2) is 0 Å². The molecule has 0 aromatic heterocycles. The highest BCUT2D eigenvalue weighted by Gasteiger charge is 2.30. The lowest BCUT2D eigenvalue weighted by atomic mass is 10.1. The number of aryl methyl sites for hydroxylation is 1. The fourth-order valence-corrected chi connectivity index (χ4v) is 2.30. The first kappa shape index (κ1) is 15.2. The lowest BCUT2D eigenvalue weighted by Crippen LogP contribution is -2.40. The largest absolute Gasteiger partial charge is 0.491 e. The number of hydrogen-bond acceptors (Lipinski definition) is 3. The number of carbonyl (C=O) groups excluding carboxylic acids is 1. The predicted molar refractivity (Wildman–Crippen MR) is 77.4 cm³/mol. The Labute approximate surface area is 123 Å². The standard InChI is InChI=1S/C15H20N2O4/c1-11-4-2-3-5-13(11)21-9-7-16-15(20)17-8-6-12(10-17)14(18)19/h2-5,12H,6-10H2,1H3,(H,16,20)(H,18,19). The average Bonchev–Trinajstić information content (AvgIpc) is 2.95. The molecular weight excluding hydrogens is 272 g/mol. The van der Waals surface area contributed by atoms with Gasteiger partial charge in [-0.25, -0.2) is 4.79 Å². The highest BCUT2D eigenvalue weighted by Crippen LogP contribution is 2.17. The highest BCUT2D eigenvalue weighted by atomic mass is 16.5. The number of rotatable bonds is 5. The summed E-state index contributed by atoms with van der Waals surface area (Å²) in [5.41, 5.74) is 1.05. The first-order valence-corrected chi connectivity index (χ1v) is 7.02. The van der Waals surface area contributed by atoms with Gasteiger partial charge in [0.25, 0.3) is 0 Å². The van der Waals surface area contributed by atoms with E-state index >= 15 is 0 Å². The Morgan fingerprint density at radius 1 is 1.43 bits per heavy atom. The number of carbonyl (C=O) groups is 2. The van der Waals surface area contributed by atoms with Gasteiger partial charge in [0.1, 0.15) is 12.4 Å². The van der Waals surface area contributed by atoms with Crippen molar-refractivity contribution in [1.82, 2.24) is 10.2 Å². The number of ether oxygens (including phenoxy) is 1. The SMILES string of the molecule is Cc1ccccc1OCCNC(=O)N1CCC(C(=O)O)C1. The van der Waals surface area contributed by atoms with Crippen molar-refractivity contribution in [3.63, 3.8) is 0 Å².